The first-order valence-electron chi connectivity index (χ1n) is 7.01. The lowest BCUT2D eigenvalue weighted by atomic mass is 10.2. The standard InChI is InChI=1S/C16H18Cl3NO3/c1-10(2)7-22-14(21)20-11-4-5-13(12(17)6-11)23-9-15(3)8-16(15,18)19/h4-6H,1,7-9H2,2-3H3,(H,20,21). The van der Waals surface area contributed by atoms with Crippen molar-refractivity contribution in [2.24, 2.45) is 5.41 Å². The molecule has 1 aromatic carbocycles. The quantitative estimate of drug-likeness (QED) is 0.530. The third-order valence-corrected chi connectivity index (χ3v) is 5.02. The van der Waals surface area contributed by atoms with Gasteiger partial charge in [0.05, 0.1) is 11.6 Å². The molecule has 0 bridgehead atoms. The molecule has 1 aliphatic rings. The minimum absolute atomic E-state index is 0.165. The molecule has 1 aliphatic carbocycles. The highest BCUT2D eigenvalue weighted by Gasteiger charge is 2.63. The number of anilines is 1. The number of rotatable bonds is 6. The molecule has 0 aliphatic heterocycles. The van der Waals surface area contributed by atoms with Crippen molar-refractivity contribution in [2.75, 3.05) is 18.5 Å². The predicted molar refractivity (Wildman–Crippen MR) is 93.9 cm³/mol. The van der Waals surface area contributed by atoms with Crippen LogP contribution in [0.4, 0.5) is 10.5 Å². The van der Waals surface area contributed by atoms with Gasteiger partial charge in [-0.3, -0.25) is 5.32 Å². The van der Waals surface area contributed by atoms with E-state index in [9.17, 15) is 4.79 Å². The summed E-state index contributed by atoms with van der Waals surface area (Å²) in [5, 5.41) is 2.96. The SMILES string of the molecule is C=C(C)COC(=O)Nc1ccc(OCC2(C)CC2(Cl)Cl)c(Cl)c1. The Hall–Kier alpha value is -1.10. The van der Waals surface area contributed by atoms with Gasteiger partial charge < -0.3 is 9.47 Å². The fourth-order valence-corrected chi connectivity index (χ4v) is 2.81. The molecule has 7 heteroatoms. The van der Waals surface area contributed by atoms with Gasteiger partial charge in [0.25, 0.3) is 0 Å². The summed E-state index contributed by atoms with van der Waals surface area (Å²) in [6.07, 6.45) is 0.104. The van der Waals surface area contributed by atoms with Gasteiger partial charge in [0.2, 0.25) is 0 Å². The zero-order chi connectivity index (χ0) is 17.3. The minimum atomic E-state index is -0.742. The number of carbonyl (C=O) groups excluding carboxylic acids is 1. The van der Waals surface area contributed by atoms with E-state index in [1.54, 1.807) is 25.1 Å². The lowest BCUT2D eigenvalue weighted by Gasteiger charge is -2.15. The smallest absolute Gasteiger partial charge is 0.411 e. The summed E-state index contributed by atoms with van der Waals surface area (Å²) in [6, 6.07) is 4.93. The molecule has 23 heavy (non-hydrogen) atoms. The Morgan fingerprint density at radius 1 is 1.43 bits per heavy atom. The summed E-state index contributed by atoms with van der Waals surface area (Å²) in [5.74, 6) is 0.504. The summed E-state index contributed by atoms with van der Waals surface area (Å²) >= 11 is 18.3. The second kappa shape index (κ2) is 6.80. The molecule has 1 atom stereocenters. The zero-order valence-electron chi connectivity index (χ0n) is 12.9. The van der Waals surface area contributed by atoms with Crippen molar-refractivity contribution in [2.45, 2.75) is 24.6 Å². The topological polar surface area (TPSA) is 47.6 Å². The fraction of sp³-hybridized carbons (Fsp3) is 0.438. The number of carbonyl (C=O) groups is 1. The van der Waals surface area contributed by atoms with E-state index < -0.39 is 10.4 Å². The van der Waals surface area contributed by atoms with Gasteiger partial charge in [0.1, 0.15) is 16.7 Å². The first-order chi connectivity index (χ1) is 10.6. The lowest BCUT2D eigenvalue weighted by Crippen LogP contribution is -2.16. The molecule has 1 aromatic rings. The number of nitrogens with one attached hydrogen (secondary N) is 1. The van der Waals surface area contributed by atoms with Crippen molar-refractivity contribution in [3.63, 3.8) is 0 Å². The number of halogens is 3. The van der Waals surface area contributed by atoms with Crippen LogP contribution in [0.3, 0.4) is 0 Å². The van der Waals surface area contributed by atoms with Gasteiger partial charge in [-0.1, -0.05) is 25.1 Å². The minimum Gasteiger partial charge on any atom is -0.491 e. The molecular weight excluding hydrogens is 361 g/mol. The average molecular weight is 379 g/mol. The molecule has 1 unspecified atom stereocenters. The van der Waals surface area contributed by atoms with Crippen LogP contribution in [0, 0.1) is 5.41 Å². The van der Waals surface area contributed by atoms with Crippen molar-refractivity contribution < 1.29 is 14.3 Å². The Kier molecular flexibility index (Phi) is 5.39. The summed E-state index contributed by atoms with van der Waals surface area (Å²) < 4.78 is 9.89. The van der Waals surface area contributed by atoms with Crippen molar-refractivity contribution >= 4 is 46.6 Å². The largest absolute Gasteiger partial charge is 0.491 e. The maximum absolute atomic E-state index is 11.6. The molecular formula is C16H18Cl3NO3. The number of hydrogen-bond acceptors (Lipinski definition) is 3. The molecule has 0 saturated heterocycles. The third kappa shape index (κ3) is 4.69. The van der Waals surface area contributed by atoms with Crippen LogP contribution >= 0.6 is 34.8 Å². The molecule has 0 radical (unpaired) electrons. The van der Waals surface area contributed by atoms with E-state index in [1.165, 1.54) is 0 Å². The molecule has 1 fully saturated rings. The van der Waals surface area contributed by atoms with Crippen molar-refractivity contribution in [1.82, 2.24) is 0 Å². The Labute approximate surface area is 150 Å². The number of ether oxygens (including phenoxy) is 2. The van der Waals surface area contributed by atoms with E-state index in [2.05, 4.69) is 11.9 Å². The van der Waals surface area contributed by atoms with Crippen molar-refractivity contribution in [3.8, 4) is 5.75 Å². The Morgan fingerprint density at radius 3 is 2.61 bits per heavy atom. The van der Waals surface area contributed by atoms with Crippen LogP contribution in [-0.4, -0.2) is 23.6 Å². The molecule has 1 saturated carbocycles. The highest BCUT2D eigenvalue weighted by atomic mass is 35.5. The molecule has 2 rings (SSSR count). The van der Waals surface area contributed by atoms with Crippen LogP contribution in [0.15, 0.2) is 30.4 Å². The zero-order valence-corrected chi connectivity index (χ0v) is 15.2. The van der Waals surface area contributed by atoms with Crippen molar-refractivity contribution in [1.29, 1.82) is 0 Å². The van der Waals surface area contributed by atoms with Crippen LogP contribution in [0.2, 0.25) is 5.02 Å². The highest BCUT2D eigenvalue weighted by Crippen LogP contribution is 2.63. The molecule has 0 aromatic heterocycles. The molecule has 1 N–H and O–H groups in total. The van der Waals surface area contributed by atoms with Gasteiger partial charge in [-0.2, -0.15) is 0 Å². The van der Waals surface area contributed by atoms with E-state index in [1.807, 2.05) is 6.92 Å². The second-order valence-corrected chi connectivity index (χ2v) is 7.93. The van der Waals surface area contributed by atoms with E-state index >= 15 is 0 Å². The van der Waals surface area contributed by atoms with E-state index in [0.29, 0.717) is 29.5 Å². The van der Waals surface area contributed by atoms with Gasteiger partial charge in [0.15, 0.2) is 0 Å². The fourth-order valence-electron chi connectivity index (χ4n) is 1.88. The first-order valence-corrected chi connectivity index (χ1v) is 8.15. The van der Waals surface area contributed by atoms with E-state index in [-0.39, 0.29) is 12.0 Å². The molecule has 0 heterocycles. The maximum atomic E-state index is 11.6. The molecule has 1 amide bonds. The number of hydrogen-bond donors (Lipinski definition) is 1. The summed E-state index contributed by atoms with van der Waals surface area (Å²) in [6.45, 7) is 7.91. The first kappa shape index (κ1) is 18.2. The van der Waals surface area contributed by atoms with Gasteiger partial charge in [-0.05, 0) is 37.1 Å². The van der Waals surface area contributed by atoms with Crippen LogP contribution in [0.1, 0.15) is 20.3 Å². The molecule has 126 valence electrons. The maximum Gasteiger partial charge on any atom is 0.411 e. The normalized spacial score (nSPS) is 21.4. The highest BCUT2D eigenvalue weighted by molar-refractivity contribution is 6.51. The van der Waals surface area contributed by atoms with E-state index in [4.69, 9.17) is 44.3 Å². The Balaban J connectivity index is 1.90. The number of alkyl halides is 2. The number of benzene rings is 1. The number of amides is 1. The van der Waals surface area contributed by atoms with Gasteiger partial charge in [0, 0.05) is 11.1 Å². The van der Waals surface area contributed by atoms with Crippen molar-refractivity contribution in [3.05, 3.63) is 35.4 Å². The van der Waals surface area contributed by atoms with Gasteiger partial charge >= 0.3 is 6.09 Å². The van der Waals surface area contributed by atoms with Crippen LogP contribution in [-0.2, 0) is 4.74 Å². The summed E-state index contributed by atoms with van der Waals surface area (Å²) in [7, 11) is 0. The van der Waals surface area contributed by atoms with Gasteiger partial charge in [-0.25, -0.2) is 4.79 Å². The average Bonchev–Trinajstić information content (AvgIpc) is 2.94. The second-order valence-electron chi connectivity index (χ2n) is 6.03. The Morgan fingerprint density at radius 2 is 2.09 bits per heavy atom. The van der Waals surface area contributed by atoms with Crippen LogP contribution in [0.25, 0.3) is 0 Å². The predicted octanol–water partition coefficient (Wildman–Crippen LogP) is 5.43. The molecule has 0 spiro atoms. The van der Waals surface area contributed by atoms with Crippen LogP contribution < -0.4 is 10.1 Å². The summed E-state index contributed by atoms with van der Waals surface area (Å²) in [4.78, 5) is 11.6. The lowest BCUT2D eigenvalue weighted by molar-refractivity contribution is 0.171. The van der Waals surface area contributed by atoms with E-state index in [0.717, 1.165) is 5.57 Å². The van der Waals surface area contributed by atoms with Gasteiger partial charge in [-0.15, -0.1) is 23.2 Å². The monoisotopic (exact) mass is 377 g/mol. The third-order valence-electron chi connectivity index (χ3n) is 3.54. The Bertz CT molecular complexity index is 633. The van der Waals surface area contributed by atoms with Crippen LogP contribution in [0.5, 0.6) is 5.75 Å². The summed E-state index contributed by atoms with van der Waals surface area (Å²) in [5.41, 5.74) is 0.990. The molecule has 4 nitrogen and oxygen atoms in total.